The molecular weight excluding hydrogens is 333 g/mol. The number of amides is 1. The van der Waals surface area contributed by atoms with Crippen LogP contribution in [-0.4, -0.2) is 40.5 Å². The van der Waals surface area contributed by atoms with Crippen molar-refractivity contribution in [3.63, 3.8) is 0 Å². The maximum Gasteiger partial charge on any atom is 0.279 e. The molecule has 0 radical (unpaired) electrons. The number of quaternary nitrogens is 1. The molecule has 1 aliphatic heterocycles. The van der Waals surface area contributed by atoms with Crippen molar-refractivity contribution in [2.24, 2.45) is 0 Å². The molecule has 0 unspecified atom stereocenters. The smallest absolute Gasteiger partial charge is 0.279 e. The first kappa shape index (κ1) is 16.7. The van der Waals surface area contributed by atoms with E-state index in [-0.39, 0.29) is 17.8 Å². The average Bonchev–Trinajstić information content (AvgIpc) is 3.06. The van der Waals surface area contributed by atoms with Crippen molar-refractivity contribution in [2.75, 3.05) is 25.0 Å². The van der Waals surface area contributed by atoms with Crippen LogP contribution >= 0.6 is 0 Å². The third-order valence-electron chi connectivity index (χ3n) is 4.91. The lowest BCUT2D eigenvalue weighted by Gasteiger charge is -2.29. The zero-order chi connectivity index (χ0) is 17.9. The van der Waals surface area contributed by atoms with Gasteiger partial charge >= 0.3 is 0 Å². The topological polar surface area (TPSA) is 64.2 Å². The van der Waals surface area contributed by atoms with Gasteiger partial charge < -0.3 is 10.2 Å². The van der Waals surface area contributed by atoms with Crippen molar-refractivity contribution < 1.29 is 14.1 Å². The van der Waals surface area contributed by atoms with E-state index in [2.05, 4.69) is 15.6 Å². The Kier molecular flexibility index (Phi) is 4.62. The molecule has 1 aromatic heterocycles. The number of fused-ring (bicyclic) bond motifs is 1. The van der Waals surface area contributed by atoms with Gasteiger partial charge in [-0.15, -0.1) is 5.10 Å². The highest BCUT2D eigenvalue weighted by molar-refractivity contribution is 5.91. The second-order valence-electron chi connectivity index (χ2n) is 6.74. The van der Waals surface area contributed by atoms with Gasteiger partial charge in [-0.1, -0.05) is 23.4 Å². The van der Waals surface area contributed by atoms with Crippen LogP contribution in [0.15, 0.2) is 48.5 Å². The number of hydrogen-bond acceptors (Lipinski definition) is 3. The van der Waals surface area contributed by atoms with Crippen LogP contribution in [0.25, 0.3) is 11.0 Å². The fourth-order valence-corrected chi connectivity index (χ4v) is 3.57. The maximum absolute atomic E-state index is 13.3. The first-order chi connectivity index (χ1) is 12.7. The molecule has 1 saturated heterocycles. The summed E-state index contributed by atoms with van der Waals surface area (Å²) in [6, 6.07) is 14.3. The Morgan fingerprint density at radius 2 is 1.96 bits per heavy atom. The molecule has 26 heavy (non-hydrogen) atoms. The van der Waals surface area contributed by atoms with E-state index in [0.717, 1.165) is 37.1 Å². The number of carbonyl (C=O) groups excluding carboxylic acids is 1. The van der Waals surface area contributed by atoms with E-state index < -0.39 is 0 Å². The molecular formula is C19H21FN5O+. The summed E-state index contributed by atoms with van der Waals surface area (Å²) in [5.74, 6) is -0.264. The van der Waals surface area contributed by atoms with Crippen molar-refractivity contribution in [1.29, 1.82) is 0 Å². The Morgan fingerprint density at radius 1 is 1.19 bits per heavy atom. The van der Waals surface area contributed by atoms with Gasteiger partial charge in [0.2, 0.25) is 0 Å². The van der Waals surface area contributed by atoms with E-state index in [1.807, 2.05) is 35.0 Å². The van der Waals surface area contributed by atoms with Gasteiger partial charge in [0, 0.05) is 24.6 Å². The van der Waals surface area contributed by atoms with Crippen LogP contribution in [0.1, 0.15) is 18.9 Å². The number of nitrogens with zero attached hydrogens (tertiary/aromatic N) is 3. The fraction of sp³-hybridized carbons (Fsp3) is 0.316. The Hall–Kier alpha value is -2.80. The van der Waals surface area contributed by atoms with E-state index in [9.17, 15) is 9.18 Å². The van der Waals surface area contributed by atoms with Gasteiger partial charge in [0.15, 0.2) is 6.54 Å². The number of halogens is 1. The number of piperidine rings is 1. The molecule has 1 amide bonds. The Bertz CT molecular complexity index is 903. The van der Waals surface area contributed by atoms with E-state index in [1.165, 1.54) is 17.0 Å². The second-order valence-corrected chi connectivity index (χ2v) is 6.74. The molecule has 4 rings (SSSR count). The van der Waals surface area contributed by atoms with Gasteiger partial charge in [-0.2, -0.15) is 0 Å². The predicted octanol–water partition coefficient (Wildman–Crippen LogP) is 1.43. The van der Waals surface area contributed by atoms with Crippen molar-refractivity contribution in [3.05, 3.63) is 54.3 Å². The third kappa shape index (κ3) is 3.57. The molecule has 0 spiro atoms. The third-order valence-corrected chi connectivity index (χ3v) is 4.91. The normalized spacial score (nSPS) is 20.2. The molecule has 2 aromatic carbocycles. The van der Waals surface area contributed by atoms with Gasteiger partial charge in [-0.05, 0) is 24.3 Å². The molecule has 0 bridgehead atoms. The Balaban J connectivity index is 1.34. The van der Waals surface area contributed by atoms with Gasteiger partial charge in [-0.3, -0.25) is 4.79 Å². The largest absolute Gasteiger partial charge is 0.327 e. The van der Waals surface area contributed by atoms with Crippen LogP contribution in [0.4, 0.5) is 10.1 Å². The number of hydrogen-bond donors (Lipinski definition) is 2. The molecule has 0 aliphatic carbocycles. The van der Waals surface area contributed by atoms with Crippen LogP contribution in [-0.2, 0) is 4.79 Å². The minimum absolute atomic E-state index is 0.0336. The molecule has 134 valence electrons. The molecule has 0 atom stereocenters. The molecule has 7 heteroatoms. The summed E-state index contributed by atoms with van der Waals surface area (Å²) in [6.45, 7) is 2.26. The number of para-hydroxylation sites is 1. The Morgan fingerprint density at radius 3 is 2.73 bits per heavy atom. The fourth-order valence-electron chi connectivity index (χ4n) is 3.57. The lowest BCUT2D eigenvalue weighted by molar-refractivity contribution is -0.897. The van der Waals surface area contributed by atoms with Crippen LogP contribution in [0.2, 0.25) is 0 Å². The zero-order valence-electron chi connectivity index (χ0n) is 14.4. The predicted molar refractivity (Wildman–Crippen MR) is 96.4 cm³/mol. The van der Waals surface area contributed by atoms with Gasteiger partial charge in [0.25, 0.3) is 5.91 Å². The van der Waals surface area contributed by atoms with Crippen LogP contribution in [0.3, 0.4) is 0 Å². The molecule has 0 saturated carbocycles. The highest BCUT2D eigenvalue weighted by Gasteiger charge is 2.26. The van der Waals surface area contributed by atoms with Gasteiger partial charge in [-0.25, -0.2) is 9.07 Å². The number of carbonyl (C=O) groups is 1. The minimum atomic E-state index is -0.298. The number of aromatic nitrogens is 3. The summed E-state index contributed by atoms with van der Waals surface area (Å²) >= 11 is 0. The van der Waals surface area contributed by atoms with Gasteiger partial charge in [0.1, 0.15) is 11.3 Å². The maximum atomic E-state index is 13.3. The van der Waals surface area contributed by atoms with Crippen LogP contribution in [0, 0.1) is 5.82 Å². The number of likely N-dealkylation sites (tertiary alicyclic amines) is 1. The van der Waals surface area contributed by atoms with Gasteiger partial charge in [0.05, 0.1) is 24.6 Å². The van der Waals surface area contributed by atoms with Crippen molar-refractivity contribution in [2.45, 2.75) is 18.9 Å². The summed E-state index contributed by atoms with van der Waals surface area (Å²) in [5.41, 5.74) is 2.27. The van der Waals surface area contributed by atoms with Crippen molar-refractivity contribution in [3.8, 4) is 0 Å². The number of benzene rings is 2. The highest BCUT2D eigenvalue weighted by atomic mass is 19.1. The van der Waals surface area contributed by atoms with E-state index in [1.54, 1.807) is 6.07 Å². The van der Waals surface area contributed by atoms with E-state index in [0.29, 0.717) is 12.1 Å². The molecule has 2 heterocycles. The number of anilines is 1. The zero-order valence-corrected chi connectivity index (χ0v) is 14.4. The van der Waals surface area contributed by atoms with Crippen molar-refractivity contribution >= 4 is 22.6 Å². The molecule has 1 aliphatic rings. The molecule has 3 aromatic rings. The lowest BCUT2D eigenvalue weighted by atomic mass is 10.0. The summed E-state index contributed by atoms with van der Waals surface area (Å²) in [7, 11) is 0. The quantitative estimate of drug-likeness (QED) is 0.745. The summed E-state index contributed by atoms with van der Waals surface area (Å²) in [6.07, 6.45) is 1.84. The average molecular weight is 354 g/mol. The first-order valence-corrected chi connectivity index (χ1v) is 8.88. The van der Waals surface area contributed by atoms with E-state index >= 15 is 0 Å². The molecule has 6 nitrogen and oxygen atoms in total. The van der Waals surface area contributed by atoms with Crippen LogP contribution < -0.4 is 10.2 Å². The summed E-state index contributed by atoms with van der Waals surface area (Å²) in [4.78, 5) is 13.5. The van der Waals surface area contributed by atoms with E-state index in [4.69, 9.17) is 0 Å². The lowest BCUT2D eigenvalue weighted by Crippen LogP contribution is -3.14. The van der Waals surface area contributed by atoms with Crippen LogP contribution in [0.5, 0.6) is 0 Å². The van der Waals surface area contributed by atoms with Crippen molar-refractivity contribution in [1.82, 2.24) is 15.0 Å². The highest BCUT2D eigenvalue weighted by Crippen LogP contribution is 2.22. The summed E-state index contributed by atoms with van der Waals surface area (Å²) < 4.78 is 15.2. The first-order valence-electron chi connectivity index (χ1n) is 8.88. The summed E-state index contributed by atoms with van der Waals surface area (Å²) in [5, 5.41) is 11.2. The minimum Gasteiger partial charge on any atom is -0.327 e. The monoisotopic (exact) mass is 354 g/mol. The standard InChI is InChI=1S/C19H20FN5O/c20-14-6-7-18-17(12-14)22-23-25(18)16-8-10-24(11-9-16)13-19(26)21-15-4-2-1-3-5-15/h1-7,12,16H,8-11,13H2,(H,21,26)/p+1. The molecule has 2 N–H and O–H groups in total. The second kappa shape index (κ2) is 7.21. The SMILES string of the molecule is O=C(C[NH+]1CCC(n2nnc3cc(F)ccc32)CC1)Nc1ccccc1. The number of rotatable bonds is 4. The Labute approximate surface area is 150 Å². The number of nitrogens with one attached hydrogen (secondary N) is 2. The molecule has 1 fully saturated rings.